The summed E-state index contributed by atoms with van der Waals surface area (Å²) in [6.45, 7) is 1.65. The number of nitrogens with zero attached hydrogens (tertiary/aromatic N) is 2. The van der Waals surface area contributed by atoms with Crippen molar-refractivity contribution in [3.63, 3.8) is 0 Å². The van der Waals surface area contributed by atoms with Crippen LogP contribution in [-0.2, 0) is 13.1 Å². The highest BCUT2D eigenvalue weighted by Crippen LogP contribution is 2.25. The number of methoxy groups -OCH3 is 1. The molecule has 4 nitrogen and oxygen atoms in total. The highest BCUT2D eigenvalue weighted by atomic mass is 79.9. The van der Waals surface area contributed by atoms with Crippen LogP contribution in [0.3, 0.4) is 0 Å². The van der Waals surface area contributed by atoms with Crippen LogP contribution < -0.4 is 4.74 Å². The summed E-state index contributed by atoms with van der Waals surface area (Å²) in [6.07, 6.45) is 0. The Morgan fingerprint density at radius 3 is 2.67 bits per heavy atom. The molecule has 0 spiro atoms. The second kappa shape index (κ2) is 5.52. The van der Waals surface area contributed by atoms with E-state index in [0.29, 0.717) is 29.9 Å². The number of hydrogen-bond donors (Lipinski definition) is 0. The number of halogens is 2. The number of hydrogen-bond acceptors (Lipinski definition) is 2. The Balaban J connectivity index is 1.80. The molecule has 1 aromatic carbocycles. The number of carbonyl (C=O) groups is 1. The van der Waals surface area contributed by atoms with Gasteiger partial charge in [0, 0.05) is 25.7 Å². The summed E-state index contributed by atoms with van der Waals surface area (Å²) in [6, 6.07) is 8.87. The minimum Gasteiger partial charge on any atom is -0.497 e. The van der Waals surface area contributed by atoms with Gasteiger partial charge in [-0.1, -0.05) is 12.1 Å². The van der Waals surface area contributed by atoms with Gasteiger partial charge < -0.3 is 14.2 Å². The molecule has 0 aliphatic carbocycles. The Morgan fingerprint density at radius 2 is 2.00 bits per heavy atom. The van der Waals surface area contributed by atoms with Crippen molar-refractivity contribution in [2.45, 2.75) is 13.1 Å². The van der Waals surface area contributed by atoms with Gasteiger partial charge >= 0.3 is 0 Å². The minimum atomic E-state index is -0.398. The maximum atomic E-state index is 13.6. The molecule has 0 radical (unpaired) electrons. The molecule has 110 valence electrons. The Kier molecular flexibility index (Phi) is 3.71. The van der Waals surface area contributed by atoms with Crippen molar-refractivity contribution >= 4 is 21.8 Å². The minimum absolute atomic E-state index is 0.151. The first-order valence-corrected chi connectivity index (χ1v) is 7.36. The van der Waals surface area contributed by atoms with Crippen LogP contribution in [-0.4, -0.2) is 29.0 Å². The van der Waals surface area contributed by atoms with Crippen molar-refractivity contribution in [1.82, 2.24) is 9.47 Å². The second-order valence-electron chi connectivity index (χ2n) is 4.89. The summed E-state index contributed by atoms with van der Waals surface area (Å²) in [4.78, 5) is 14.1. The van der Waals surface area contributed by atoms with E-state index in [9.17, 15) is 9.18 Å². The fourth-order valence-electron chi connectivity index (χ4n) is 2.47. The van der Waals surface area contributed by atoms with Crippen molar-refractivity contribution in [3.8, 4) is 5.75 Å². The van der Waals surface area contributed by atoms with E-state index >= 15 is 0 Å². The molecular weight excluding hydrogens is 339 g/mol. The van der Waals surface area contributed by atoms with Gasteiger partial charge in [-0.2, -0.15) is 0 Å². The average molecular weight is 353 g/mol. The van der Waals surface area contributed by atoms with E-state index in [2.05, 4.69) is 15.9 Å². The molecule has 2 heterocycles. The number of rotatable bonds is 3. The zero-order valence-corrected chi connectivity index (χ0v) is 13.1. The van der Waals surface area contributed by atoms with Crippen LogP contribution in [0.15, 0.2) is 34.9 Å². The van der Waals surface area contributed by atoms with Crippen LogP contribution in [0.4, 0.5) is 4.39 Å². The molecule has 6 heteroatoms. The molecule has 1 aromatic heterocycles. The first kappa shape index (κ1) is 14.1. The van der Waals surface area contributed by atoms with Gasteiger partial charge in [0.2, 0.25) is 0 Å². The molecule has 0 N–H and O–H groups in total. The Labute approximate surface area is 130 Å². The number of fused-ring (bicyclic) bond motifs is 1. The number of benzene rings is 1. The molecule has 1 aliphatic rings. The first-order valence-electron chi connectivity index (χ1n) is 6.57. The summed E-state index contributed by atoms with van der Waals surface area (Å²) >= 11 is 3.17. The summed E-state index contributed by atoms with van der Waals surface area (Å²) < 4.78 is 20.7. The summed E-state index contributed by atoms with van der Waals surface area (Å²) in [5.74, 6) is 0.231. The zero-order valence-electron chi connectivity index (χ0n) is 11.5. The number of ether oxygens (including phenoxy) is 1. The third-order valence-electron chi connectivity index (χ3n) is 3.62. The lowest BCUT2D eigenvalue weighted by atomic mass is 10.2. The summed E-state index contributed by atoms with van der Waals surface area (Å²) in [5.41, 5.74) is 1.41. The maximum absolute atomic E-state index is 13.6. The van der Waals surface area contributed by atoms with E-state index in [0.717, 1.165) is 11.3 Å². The quantitative estimate of drug-likeness (QED) is 0.850. The van der Waals surface area contributed by atoms with E-state index in [1.165, 1.54) is 6.07 Å². The zero-order chi connectivity index (χ0) is 15.0. The molecule has 3 rings (SSSR count). The lowest BCUT2D eigenvalue weighted by molar-refractivity contribution is 0.0690. The lowest BCUT2D eigenvalue weighted by Crippen LogP contribution is -2.39. The van der Waals surface area contributed by atoms with Crippen molar-refractivity contribution in [2.75, 3.05) is 13.7 Å². The molecule has 0 unspecified atom stereocenters. The Morgan fingerprint density at radius 1 is 1.29 bits per heavy atom. The fraction of sp³-hybridized carbons (Fsp3) is 0.267. The number of amides is 1. The normalized spacial score (nSPS) is 14.2. The molecule has 21 heavy (non-hydrogen) atoms. The molecule has 0 bridgehead atoms. The number of carbonyl (C=O) groups excluding carboxylic acids is 1. The van der Waals surface area contributed by atoms with E-state index in [1.54, 1.807) is 16.6 Å². The van der Waals surface area contributed by atoms with Gasteiger partial charge in [-0.25, -0.2) is 4.39 Å². The van der Waals surface area contributed by atoms with Gasteiger partial charge in [-0.15, -0.1) is 0 Å². The lowest BCUT2D eigenvalue weighted by Gasteiger charge is -2.28. The fourth-order valence-corrected chi connectivity index (χ4v) is 2.96. The van der Waals surface area contributed by atoms with Gasteiger partial charge in [0.25, 0.3) is 5.91 Å². The van der Waals surface area contributed by atoms with Crippen LogP contribution in [0, 0.1) is 5.82 Å². The van der Waals surface area contributed by atoms with Gasteiger partial charge in [0.05, 0.1) is 7.11 Å². The molecule has 1 aliphatic heterocycles. The standard InChI is InChI=1S/C15H14BrFN2O2/c1-21-11-4-2-10(3-5-11)9-18-6-7-19-13(15(18)20)8-12(17)14(19)16/h2-5,8H,6-7,9H2,1H3. The van der Waals surface area contributed by atoms with Crippen LogP contribution in [0.1, 0.15) is 16.1 Å². The molecular formula is C15H14BrFN2O2. The van der Waals surface area contributed by atoms with Crippen LogP contribution >= 0.6 is 15.9 Å². The maximum Gasteiger partial charge on any atom is 0.270 e. The van der Waals surface area contributed by atoms with Crippen molar-refractivity contribution in [1.29, 1.82) is 0 Å². The molecule has 0 saturated heterocycles. The summed E-state index contributed by atoms with van der Waals surface area (Å²) in [7, 11) is 1.61. The van der Waals surface area contributed by atoms with Crippen LogP contribution in [0.5, 0.6) is 5.75 Å². The SMILES string of the molecule is COc1ccc(CN2CCn3c(cc(F)c3Br)C2=O)cc1. The first-order chi connectivity index (χ1) is 10.1. The van der Waals surface area contributed by atoms with Crippen molar-refractivity contribution < 1.29 is 13.9 Å². The third kappa shape index (κ3) is 2.55. The van der Waals surface area contributed by atoms with E-state index in [1.807, 2.05) is 24.3 Å². The second-order valence-corrected chi connectivity index (χ2v) is 5.65. The van der Waals surface area contributed by atoms with E-state index in [-0.39, 0.29) is 5.91 Å². The third-order valence-corrected chi connectivity index (χ3v) is 4.43. The van der Waals surface area contributed by atoms with Crippen LogP contribution in [0.25, 0.3) is 0 Å². The van der Waals surface area contributed by atoms with Crippen molar-refractivity contribution in [2.24, 2.45) is 0 Å². The topological polar surface area (TPSA) is 34.5 Å². The van der Waals surface area contributed by atoms with Gasteiger partial charge in [0.1, 0.15) is 16.0 Å². The monoisotopic (exact) mass is 352 g/mol. The van der Waals surface area contributed by atoms with Gasteiger partial charge in [-0.05, 0) is 33.6 Å². The Bertz CT molecular complexity index is 682. The van der Waals surface area contributed by atoms with E-state index < -0.39 is 5.82 Å². The predicted octanol–water partition coefficient (Wildman–Crippen LogP) is 3.05. The highest BCUT2D eigenvalue weighted by Gasteiger charge is 2.28. The largest absolute Gasteiger partial charge is 0.497 e. The number of aromatic nitrogens is 1. The van der Waals surface area contributed by atoms with Crippen LogP contribution in [0.2, 0.25) is 0 Å². The average Bonchev–Trinajstić information content (AvgIpc) is 2.79. The highest BCUT2D eigenvalue weighted by molar-refractivity contribution is 9.10. The molecule has 0 atom stereocenters. The van der Waals surface area contributed by atoms with Gasteiger partial charge in [-0.3, -0.25) is 4.79 Å². The van der Waals surface area contributed by atoms with Gasteiger partial charge in [0.15, 0.2) is 5.82 Å². The Hall–Kier alpha value is -1.82. The smallest absolute Gasteiger partial charge is 0.270 e. The van der Waals surface area contributed by atoms with E-state index in [4.69, 9.17) is 4.74 Å². The molecule has 0 saturated carbocycles. The predicted molar refractivity (Wildman–Crippen MR) is 79.8 cm³/mol. The molecule has 0 fully saturated rings. The molecule has 2 aromatic rings. The molecule has 1 amide bonds. The summed E-state index contributed by atoms with van der Waals surface area (Å²) in [5, 5.41) is 0. The van der Waals surface area contributed by atoms with Crippen molar-refractivity contribution in [3.05, 3.63) is 52.0 Å².